The first-order chi connectivity index (χ1) is 15.5. The summed E-state index contributed by atoms with van der Waals surface area (Å²) in [5, 5.41) is 12.3. The fourth-order valence-corrected chi connectivity index (χ4v) is 4.70. The second-order valence-electron chi connectivity index (χ2n) is 7.84. The molecule has 0 bridgehead atoms. The molecule has 1 fully saturated rings. The highest BCUT2D eigenvalue weighted by molar-refractivity contribution is 7.99. The number of anilines is 1. The van der Waals surface area contributed by atoms with Crippen molar-refractivity contribution in [2.45, 2.75) is 30.8 Å². The first-order valence-corrected chi connectivity index (χ1v) is 11.4. The van der Waals surface area contributed by atoms with Gasteiger partial charge in [-0.05, 0) is 43.2 Å². The van der Waals surface area contributed by atoms with Gasteiger partial charge in [0.1, 0.15) is 5.82 Å². The third-order valence-corrected chi connectivity index (χ3v) is 6.36. The SMILES string of the molecule is CC(=O)Nc1cccc(-n2c(SCCN3C(=O)c4ccccc4C3=O)nnc2C2CC2)c1. The molecule has 0 atom stereocenters. The van der Waals surface area contributed by atoms with Crippen molar-refractivity contribution >= 4 is 35.2 Å². The van der Waals surface area contributed by atoms with Crippen LogP contribution in [-0.4, -0.2) is 49.7 Å². The fourth-order valence-electron chi connectivity index (χ4n) is 3.82. The summed E-state index contributed by atoms with van der Waals surface area (Å²) in [6, 6.07) is 14.5. The van der Waals surface area contributed by atoms with Crippen LogP contribution in [0, 0.1) is 0 Å². The third kappa shape index (κ3) is 3.80. The molecule has 9 heteroatoms. The van der Waals surface area contributed by atoms with Gasteiger partial charge in [-0.15, -0.1) is 10.2 Å². The minimum Gasteiger partial charge on any atom is -0.326 e. The largest absolute Gasteiger partial charge is 0.326 e. The van der Waals surface area contributed by atoms with Gasteiger partial charge in [0.15, 0.2) is 5.16 Å². The lowest BCUT2D eigenvalue weighted by molar-refractivity contribution is -0.114. The van der Waals surface area contributed by atoms with E-state index in [0.29, 0.717) is 33.6 Å². The van der Waals surface area contributed by atoms with Crippen LogP contribution in [0.5, 0.6) is 0 Å². The molecule has 0 unspecified atom stereocenters. The molecule has 2 aliphatic rings. The number of hydrogen-bond acceptors (Lipinski definition) is 6. The van der Waals surface area contributed by atoms with E-state index < -0.39 is 0 Å². The summed E-state index contributed by atoms with van der Waals surface area (Å²) in [4.78, 5) is 37.9. The van der Waals surface area contributed by atoms with Crippen LogP contribution in [0.15, 0.2) is 53.7 Å². The molecule has 0 saturated heterocycles. The number of nitrogens with zero attached hydrogens (tertiary/aromatic N) is 4. The molecule has 1 N–H and O–H groups in total. The van der Waals surface area contributed by atoms with E-state index in [2.05, 4.69) is 15.5 Å². The smallest absolute Gasteiger partial charge is 0.261 e. The molecule has 0 radical (unpaired) electrons. The van der Waals surface area contributed by atoms with Crippen LogP contribution in [0.25, 0.3) is 5.69 Å². The van der Waals surface area contributed by atoms with E-state index in [0.717, 1.165) is 24.4 Å². The van der Waals surface area contributed by atoms with Crippen molar-refractivity contribution in [1.29, 1.82) is 0 Å². The highest BCUT2D eigenvalue weighted by atomic mass is 32.2. The Balaban J connectivity index is 1.35. The van der Waals surface area contributed by atoms with Crippen molar-refractivity contribution in [3.05, 3.63) is 65.5 Å². The van der Waals surface area contributed by atoms with Crippen LogP contribution in [0.3, 0.4) is 0 Å². The van der Waals surface area contributed by atoms with Gasteiger partial charge in [0.25, 0.3) is 11.8 Å². The number of benzene rings is 2. The van der Waals surface area contributed by atoms with E-state index >= 15 is 0 Å². The maximum Gasteiger partial charge on any atom is 0.261 e. The van der Waals surface area contributed by atoms with Gasteiger partial charge in [0, 0.05) is 30.8 Å². The van der Waals surface area contributed by atoms with Crippen LogP contribution in [0.4, 0.5) is 5.69 Å². The highest BCUT2D eigenvalue weighted by Crippen LogP contribution is 2.41. The molecule has 32 heavy (non-hydrogen) atoms. The zero-order valence-corrected chi connectivity index (χ0v) is 18.3. The summed E-state index contributed by atoms with van der Waals surface area (Å²) >= 11 is 1.45. The van der Waals surface area contributed by atoms with Gasteiger partial charge < -0.3 is 5.32 Å². The van der Waals surface area contributed by atoms with Gasteiger partial charge in [-0.2, -0.15) is 0 Å². The number of hydrogen-bond donors (Lipinski definition) is 1. The van der Waals surface area contributed by atoms with Gasteiger partial charge >= 0.3 is 0 Å². The van der Waals surface area contributed by atoms with Crippen LogP contribution >= 0.6 is 11.8 Å². The number of carbonyl (C=O) groups is 3. The van der Waals surface area contributed by atoms with Gasteiger partial charge in [0.2, 0.25) is 5.91 Å². The molecule has 2 heterocycles. The van der Waals surface area contributed by atoms with E-state index in [1.807, 2.05) is 28.8 Å². The highest BCUT2D eigenvalue weighted by Gasteiger charge is 2.35. The molecular formula is C23H21N5O3S. The third-order valence-electron chi connectivity index (χ3n) is 5.45. The topological polar surface area (TPSA) is 97.2 Å². The number of imide groups is 1. The molecule has 1 aliphatic heterocycles. The lowest BCUT2D eigenvalue weighted by Gasteiger charge is -2.14. The molecule has 162 valence electrons. The second kappa shape index (κ2) is 8.23. The monoisotopic (exact) mass is 447 g/mol. The zero-order valence-electron chi connectivity index (χ0n) is 17.4. The van der Waals surface area contributed by atoms with E-state index in [-0.39, 0.29) is 24.3 Å². The van der Waals surface area contributed by atoms with Crippen LogP contribution in [0.1, 0.15) is 52.2 Å². The molecule has 8 nitrogen and oxygen atoms in total. The van der Waals surface area contributed by atoms with Crippen molar-refractivity contribution in [3.63, 3.8) is 0 Å². The summed E-state index contributed by atoms with van der Waals surface area (Å²) in [6.45, 7) is 1.76. The molecule has 1 saturated carbocycles. The molecule has 1 aliphatic carbocycles. The maximum absolute atomic E-state index is 12.6. The Hall–Kier alpha value is -3.46. The van der Waals surface area contributed by atoms with Crippen molar-refractivity contribution < 1.29 is 14.4 Å². The number of carbonyl (C=O) groups excluding carboxylic acids is 3. The van der Waals surface area contributed by atoms with E-state index in [9.17, 15) is 14.4 Å². The summed E-state index contributed by atoms with van der Waals surface area (Å²) in [6.07, 6.45) is 2.15. The standard InChI is InChI=1S/C23H21N5O3S/c1-14(29)24-16-5-4-6-17(13-16)28-20(15-9-10-15)25-26-23(28)32-12-11-27-21(30)18-7-2-3-8-19(18)22(27)31/h2-8,13,15H,9-12H2,1H3,(H,24,29). The zero-order chi connectivity index (χ0) is 22.2. The Morgan fingerprint density at radius 2 is 1.78 bits per heavy atom. The summed E-state index contributed by atoms with van der Waals surface area (Å²) in [5.41, 5.74) is 2.48. The van der Waals surface area contributed by atoms with Crippen molar-refractivity contribution in [2.24, 2.45) is 0 Å². The van der Waals surface area contributed by atoms with Gasteiger partial charge in [-0.3, -0.25) is 23.9 Å². The average Bonchev–Trinajstić information content (AvgIpc) is 3.50. The predicted molar refractivity (Wildman–Crippen MR) is 120 cm³/mol. The van der Waals surface area contributed by atoms with Crippen LogP contribution in [0.2, 0.25) is 0 Å². The summed E-state index contributed by atoms with van der Waals surface area (Å²) in [7, 11) is 0. The van der Waals surface area contributed by atoms with Gasteiger partial charge in [-0.25, -0.2) is 0 Å². The molecule has 1 aromatic heterocycles. The van der Waals surface area contributed by atoms with Gasteiger partial charge in [0.05, 0.1) is 16.8 Å². The van der Waals surface area contributed by atoms with Gasteiger partial charge in [-0.1, -0.05) is 30.0 Å². The number of amides is 3. The first kappa shape index (κ1) is 20.4. The Morgan fingerprint density at radius 3 is 2.44 bits per heavy atom. The molecule has 3 aromatic rings. The second-order valence-corrected chi connectivity index (χ2v) is 8.90. The van der Waals surface area contributed by atoms with E-state index in [4.69, 9.17) is 0 Å². The minimum atomic E-state index is -0.255. The predicted octanol–water partition coefficient (Wildman–Crippen LogP) is 3.49. The van der Waals surface area contributed by atoms with Crippen molar-refractivity contribution in [2.75, 3.05) is 17.6 Å². The Morgan fingerprint density at radius 1 is 1.06 bits per heavy atom. The number of fused-ring (bicyclic) bond motifs is 1. The summed E-state index contributed by atoms with van der Waals surface area (Å²) < 4.78 is 2.01. The number of thioether (sulfide) groups is 1. The molecule has 3 amide bonds. The maximum atomic E-state index is 12.6. The van der Waals surface area contributed by atoms with E-state index in [1.54, 1.807) is 24.3 Å². The number of rotatable bonds is 7. The molecule has 5 rings (SSSR count). The van der Waals surface area contributed by atoms with Crippen molar-refractivity contribution in [3.8, 4) is 5.69 Å². The number of nitrogens with one attached hydrogen (secondary N) is 1. The lowest BCUT2D eigenvalue weighted by atomic mass is 10.1. The normalized spacial score (nSPS) is 15.2. The summed E-state index contributed by atoms with van der Waals surface area (Å²) in [5.74, 6) is 1.12. The first-order valence-electron chi connectivity index (χ1n) is 10.4. The molecule has 2 aromatic carbocycles. The molecule has 0 spiro atoms. The average molecular weight is 448 g/mol. The lowest BCUT2D eigenvalue weighted by Crippen LogP contribution is -2.31. The molecular weight excluding hydrogens is 426 g/mol. The van der Waals surface area contributed by atoms with E-state index in [1.165, 1.54) is 23.6 Å². The quantitative estimate of drug-likeness (QED) is 0.440. The van der Waals surface area contributed by atoms with Crippen LogP contribution in [-0.2, 0) is 4.79 Å². The number of aromatic nitrogens is 3. The fraction of sp³-hybridized carbons (Fsp3) is 0.261. The Labute approximate surface area is 189 Å². The van der Waals surface area contributed by atoms with Crippen molar-refractivity contribution in [1.82, 2.24) is 19.7 Å². The Kier molecular flexibility index (Phi) is 5.26. The Bertz CT molecular complexity index is 1200. The minimum absolute atomic E-state index is 0.135. The van der Waals surface area contributed by atoms with Crippen LogP contribution < -0.4 is 5.32 Å².